The number of para-hydroxylation sites is 2. The highest BCUT2D eigenvalue weighted by Gasteiger charge is 2.32. The Bertz CT molecular complexity index is 911. The molecule has 0 spiro atoms. The van der Waals surface area contributed by atoms with E-state index in [9.17, 15) is 18.0 Å². The molecule has 5 nitrogen and oxygen atoms in total. The first-order valence-electron chi connectivity index (χ1n) is 10.5. The van der Waals surface area contributed by atoms with Gasteiger partial charge in [-0.15, -0.1) is 0 Å². The van der Waals surface area contributed by atoms with Gasteiger partial charge in [0.15, 0.2) is 11.5 Å². The fourth-order valence-electron chi connectivity index (χ4n) is 3.96. The second kappa shape index (κ2) is 9.18. The molecule has 2 aromatic rings. The number of halogens is 3. The quantitative estimate of drug-likeness (QED) is 0.773. The van der Waals surface area contributed by atoms with E-state index >= 15 is 0 Å². The predicted molar refractivity (Wildman–Crippen MR) is 109 cm³/mol. The smallest absolute Gasteiger partial charge is 0.416 e. The SMILES string of the molecule is O=C(c1cccc(C(F)(F)F)c1)N1CCC(CNCC2COc3ccccc3O2)CC1. The van der Waals surface area contributed by atoms with Crippen LogP contribution in [0.5, 0.6) is 11.5 Å². The number of carbonyl (C=O) groups is 1. The van der Waals surface area contributed by atoms with E-state index in [-0.39, 0.29) is 17.6 Å². The number of fused-ring (bicyclic) bond motifs is 1. The standard InChI is InChI=1S/C23H25F3N2O3/c24-23(25,26)18-5-3-4-17(12-18)22(29)28-10-8-16(9-11-28)13-27-14-19-15-30-20-6-1-2-7-21(20)31-19/h1-7,12,16,19,27H,8-11,13-15H2. The van der Waals surface area contributed by atoms with Gasteiger partial charge in [-0.3, -0.25) is 4.79 Å². The lowest BCUT2D eigenvalue weighted by Crippen LogP contribution is -2.43. The number of hydrogen-bond acceptors (Lipinski definition) is 4. The lowest BCUT2D eigenvalue weighted by molar-refractivity contribution is -0.137. The van der Waals surface area contributed by atoms with Crippen LogP contribution in [0.1, 0.15) is 28.8 Å². The number of benzene rings is 2. The van der Waals surface area contributed by atoms with Crippen LogP contribution in [0.15, 0.2) is 48.5 Å². The molecule has 4 rings (SSSR count). The second-order valence-corrected chi connectivity index (χ2v) is 7.97. The van der Waals surface area contributed by atoms with Crippen molar-refractivity contribution in [1.82, 2.24) is 10.2 Å². The Balaban J connectivity index is 1.21. The minimum absolute atomic E-state index is 0.0579. The largest absolute Gasteiger partial charge is 0.486 e. The molecule has 0 radical (unpaired) electrons. The molecule has 1 fully saturated rings. The fourth-order valence-corrected chi connectivity index (χ4v) is 3.96. The minimum atomic E-state index is -4.45. The van der Waals surface area contributed by atoms with Crippen LogP contribution in [0.2, 0.25) is 0 Å². The van der Waals surface area contributed by atoms with Crippen molar-refractivity contribution in [2.45, 2.75) is 25.1 Å². The molecule has 2 aliphatic heterocycles. The van der Waals surface area contributed by atoms with Gasteiger partial charge >= 0.3 is 6.18 Å². The Kier molecular flexibility index (Phi) is 6.36. The zero-order valence-electron chi connectivity index (χ0n) is 17.0. The van der Waals surface area contributed by atoms with Crippen LogP contribution in [0.4, 0.5) is 13.2 Å². The average molecular weight is 434 g/mol. The summed E-state index contributed by atoms with van der Waals surface area (Å²) in [6, 6.07) is 12.2. The average Bonchev–Trinajstić information content (AvgIpc) is 2.78. The van der Waals surface area contributed by atoms with E-state index in [0.29, 0.717) is 32.2 Å². The number of nitrogens with zero attached hydrogens (tertiary/aromatic N) is 1. The molecule has 1 amide bonds. The van der Waals surface area contributed by atoms with Crippen molar-refractivity contribution < 1.29 is 27.4 Å². The number of amides is 1. The topological polar surface area (TPSA) is 50.8 Å². The van der Waals surface area contributed by atoms with Crippen LogP contribution < -0.4 is 14.8 Å². The van der Waals surface area contributed by atoms with Gasteiger partial charge in [0.05, 0.1) is 5.56 Å². The molecule has 1 unspecified atom stereocenters. The van der Waals surface area contributed by atoms with Crippen molar-refractivity contribution >= 4 is 5.91 Å². The van der Waals surface area contributed by atoms with Crippen molar-refractivity contribution in [3.8, 4) is 11.5 Å². The third-order valence-corrected chi connectivity index (χ3v) is 5.71. The Labute approximate surface area is 179 Å². The fraction of sp³-hybridized carbons (Fsp3) is 0.435. The monoisotopic (exact) mass is 434 g/mol. The van der Waals surface area contributed by atoms with Gasteiger partial charge in [-0.25, -0.2) is 0 Å². The van der Waals surface area contributed by atoms with Crippen LogP contribution in [-0.2, 0) is 6.18 Å². The molecule has 0 saturated carbocycles. The zero-order valence-corrected chi connectivity index (χ0v) is 17.0. The number of alkyl halides is 3. The molecule has 2 aliphatic rings. The van der Waals surface area contributed by atoms with Crippen LogP contribution >= 0.6 is 0 Å². The molecule has 2 heterocycles. The molecule has 0 aliphatic carbocycles. The lowest BCUT2D eigenvalue weighted by Gasteiger charge is -2.33. The number of nitrogens with one attached hydrogen (secondary N) is 1. The summed E-state index contributed by atoms with van der Waals surface area (Å²) in [5.41, 5.74) is -0.713. The van der Waals surface area contributed by atoms with E-state index in [1.165, 1.54) is 12.1 Å². The molecule has 1 N–H and O–H groups in total. The van der Waals surface area contributed by atoms with E-state index < -0.39 is 11.7 Å². The highest BCUT2D eigenvalue weighted by atomic mass is 19.4. The summed E-state index contributed by atoms with van der Waals surface area (Å²) in [4.78, 5) is 14.3. The van der Waals surface area contributed by atoms with Gasteiger partial charge in [-0.05, 0) is 55.6 Å². The number of rotatable bonds is 5. The normalized spacial score (nSPS) is 19.3. The van der Waals surface area contributed by atoms with Crippen molar-refractivity contribution in [1.29, 1.82) is 0 Å². The molecule has 0 aromatic heterocycles. The third kappa shape index (κ3) is 5.31. The summed E-state index contributed by atoms with van der Waals surface area (Å²) in [5.74, 6) is 1.57. The highest BCUT2D eigenvalue weighted by molar-refractivity contribution is 5.94. The van der Waals surface area contributed by atoms with Gasteiger partial charge in [-0.2, -0.15) is 13.2 Å². The molecule has 31 heavy (non-hydrogen) atoms. The first-order valence-corrected chi connectivity index (χ1v) is 10.5. The van der Waals surface area contributed by atoms with Crippen LogP contribution in [0.3, 0.4) is 0 Å². The van der Waals surface area contributed by atoms with Crippen molar-refractivity contribution in [2.24, 2.45) is 5.92 Å². The number of carbonyl (C=O) groups excluding carboxylic acids is 1. The molecular formula is C23H25F3N2O3. The Hall–Kier alpha value is -2.74. The number of piperidine rings is 1. The van der Waals surface area contributed by atoms with Gasteiger partial charge in [0.25, 0.3) is 5.91 Å². The van der Waals surface area contributed by atoms with Crippen LogP contribution in [0, 0.1) is 5.92 Å². The third-order valence-electron chi connectivity index (χ3n) is 5.71. The Morgan fingerprint density at radius 3 is 2.52 bits per heavy atom. The van der Waals surface area contributed by atoms with E-state index in [0.717, 1.165) is 43.0 Å². The van der Waals surface area contributed by atoms with Crippen LogP contribution in [-0.4, -0.2) is 49.7 Å². The summed E-state index contributed by atoms with van der Waals surface area (Å²) in [5, 5.41) is 3.42. The van der Waals surface area contributed by atoms with Gasteiger partial charge < -0.3 is 19.7 Å². The van der Waals surface area contributed by atoms with Gasteiger partial charge in [0.2, 0.25) is 0 Å². The van der Waals surface area contributed by atoms with Gasteiger partial charge in [0, 0.05) is 25.2 Å². The Morgan fingerprint density at radius 1 is 1.03 bits per heavy atom. The molecule has 166 valence electrons. The maximum atomic E-state index is 12.9. The van der Waals surface area contributed by atoms with Crippen molar-refractivity contribution in [3.05, 3.63) is 59.7 Å². The van der Waals surface area contributed by atoms with Gasteiger partial charge in [-0.1, -0.05) is 18.2 Å². The summed E-state index contributed by atoms with van der Waals surface area (Å²) in [6.07, 6.45) is -2.90. The van der Waals surface area contributed by atoms with E-state index in [1.54, 1.807) is 4.90 Å². The molecule has 8 heteroatoms. The number of ether oxygens (including phenoxy) is 2. The first-order chi connectivity index (χ1) is 14.9. The maximum Gasteiger partial charge on any atom is 0.416 e. The molecule has 2 aromatic carbocycles. The Morgan fingerprint density at radius 2 is 1.77 bits per heavy atom. The summed E-state index contributed by atoms with van der Waals surface area (Å²) >= 11 is 0. The zero-order chi connectivity index (χ0) is 21.8. The molecule has 0 bridgehead atoms. The number of likely N-dealkylation sites (tertiary alicyclic amines) is 1. The van der Waals surface area contributed by atoms with E-state index in [1.807, 2.05) is 24.3 Å². The lowest BCUT2D eigenvalue weighted by atomic mass is 9.96. The van der Waals surface area contributed by atoms with Crippen LogP contribution in [0.25, 0.3) is 0 Å². The highest BCUT2D eigenvalue weighted by Crippen LogP contribution is 2.31. The second-order valence-electron chi connectivity index (χ2n) is 7.97. The maximum absolute atomic E-state index is 12.9. The first kappa shape index (κ1) is 21.5. The van der Waals surface area contributed by atoms with E-state index in [2.05, 4.69) is 5.32 Å². The molecule has 1 atom stereocenters. The summed E-state index contributed by atoms with van der Waals surface area (Å²) in [7, 11) is 0. The molecular weight excluding hydrogens is 409 g/mol. The molecule has 1 saturated heterocycles. The van der Waals surface area contributed by atoms with Crippen molar-refractivity contribution in [2.75, 3.05) is 32.8 Å². The summed E-state index contributed by atoms with van der Waals surface area (Å²) in [6.45, 7) is 3.04. The van der Waals surface area contributed by atoms with Crippen molar-refractivity contribution in [3.63, 3.8) is 0 Å². The number of hydrogen-bond donors (Lipinski definition) is 1. The summed E-state index contributed by atoms with van der Waals surface area (Å²) < 4.78 is 50.3. The minimum Gasteiger partial charge on any atom is -0.486 e. The predicted octanol–water partition coefficient (Wildman–Crippen LogP) is 3.99. The van der Waals surface area contributed by atoms with E-state index in [4.69, 9.17) is 9.47 Å². The van der Waals surface area contributed by atoms with Gasteiger partial charge in [0.1, 0.15) is 12.7 Å².